The first-order valence-corrected chi connectivity index (χ1v) is 6.23. The molecule has 0 spiro atoms. The summed E-state index contributed by atoms with van der Waals surface area (Å²) >= 11 is 0. The van der Waals surface area contributed by atoms with E-state index in [0.717, 1.165) is 24.8 Å². The Kier molecular flexibility index (Phi) is 3.87. The van der Waals surface area contributed by atoms with Crippen molar-refractivity contribution >= 4 is 11.7 Å². The molecule has 0 radical (unpaired) electrons. The number of benzene rings is 1. The molecule has 18 heavy (non-hydrogen) atoms. The summed E-state index contributed by atoms with van der Waals surface area (Å²) in [5.41, 5.74) is 2.11. The van der Waals surface area contributed by atoms with Gasteiger partial charge >= 0.3 is 5.97 Å². The van der Waals surface area contributed by atoms with Crippen molar-refractivity contribution in [2.24, 2.45) is 0 Å². The van der Waals surface area contributed by atoms with E-state index >= 15 is 0 Å². The maximum absolute atomic E-state index is 11.2. The molecule has 1 fully saturated rings. The quantitative estimate of drug-likeness (QED) is 0.861. The van der Waals surface area contributed by atoms with Crippen LogP contribution in [0.25, 0.3) is 0 Å². The van der Waals surface area contributed by atoms with Crippen LogP contribution in [-0.2, 0) is 4.74 Å². The molecule has 0 heterocycles. The Bertz CT molecular complexity index is 445. The lowest BCUT2D eigenvalue weighted by Crippen LogP contribution is -2.19. The number of rotatable bonds is 4. The summed E-state index contributed by atoms with van der Waals surface area (Å²) in [7, 11) is 1.72. The summed E-state index contributed by atoms with van der Waals surface area (Å²) in [6.45, 7) is 1.96. The Morgan fingerprint density at radius 1 is 1.44 bits per heavy atom. The minimum Gasteiger partial charge on any atom is -0.478 e. The number of aromatic carboxylic acids is 1. The van der Waals surface area contributed by atoms with Crippen LogP contribution in [0.5, 0.6) is 0 Å². The van der Waals surface area contributed by atoms with Gasteiger partial charge in [0.25, 0.3) is 0 Å². The Morgan fingerprint density at radius 2 is 2.22 bits per heavy atom. The predicted octanol–water partition coefficient (Wildman–Crippen LogP) is 2.67. The first-order chi connectivity index (χ1) is 8.60. The van der Waals surface area contributed by atoms with Crippen molar-refractivity contribution in [2.45, 2.75) is 38.3 Å². The SMILES string of the molecule is COC1CCC(Nc2cc(C)ccc2C(=O)O)C1. The van der Waals surface area contributed by atoms with Crippen LogP contribution >= 0.6 is 0 Å². The van der Waals surface area contributed by atoms with E-state index in [-0.39, 0.29) is 0 Å². The molecule has 0 aromatic heterocycles. The number of carboxylic acids is 1. The second-order valence-electron chi connectivity index (χ2n) is 4.87. The topological polar surface area (TPSA) is 58.6 Å². The van der Waals surface area contributed by atoms with E-state index in [2.05, 4.69) is 5.32 Å². The van der Waals surface area contributed by atoms with Crippen LogP contribution in [-0.4, -0.2) is 30.3 Å². The van der Waals surface area contributed by atoms with E-state index in [1.54, 1.807) is 13.2 Å². The number of hydrogen-bond donors (Lipinski definition) is 2. The number of hydrogen-bond acceptors (Lipinski definition) is 3. The molecule has 0 amide bonds. The molecule has 1 aliphatic carbocycles. The average Bonchev–Trinajstić information content (AvgIpc) is 2.76. The van der Waals surface area contributed by atoms with Crippen LogP contribution in [0.2, 0.25) is 0 Å². The first-order valence-electron chi connectivity index (χ1n) is 6.23. The minimum absolute atomic E-state index is 0.292. The van der Waals surface area contributed by atoms with Gasteiger partial charge in [-0.2, -0.15) is 0 Å². The van der Waals surface area contributed by atoms with Gasteiger partial charge in [-0.25, -0.2) is 4.79 Å². The molecule has 1 aromatic carbocycles. The van der Waals surface area contributed by atoms with Crippen molar-refractivity contribution in [1.29, 1.82) is 0 Å². The van der Waals surface area contributed by atoms with E-state index in [4.69, 9.17) is 9.84 Å². The normalized spacial score (nSPS) is 23.0. The van der Waals surface area contributed by atoms with Crippen LogP contribution in [0.1, 0.15) is 35.2 Å². The standard InChI is InChI=1S/C14H19NO3/c1-9-3-6-12(14(16)17)13(7-9)15-10-4-5-11(8-10)18-2/h3,6-7,10-11,15H,4-5,8H2,1-2H3,(H,16,17). The lowest BCUT2D eigenvalue weighted by molar-refractivity contribution is 0.0698. The van der Waals surface area contributed by atoms with E-state index < -0.39 is 5.97 Å². The number of nitrogens with one attached hydrogen (secondary N) is 1. The summed E-state index contributed by atoms with van der Waals surface area (Å²) in [4.78, 5) is 11.2. The fourth-order valence-corrected chi connectivity index (χ4v) is 2.47. The molecule has 1 aromatic rings. The highest BCUT2D eigenvalue weighted by Crippen LogP contribution is 2.27. The molecular formula is C14H19NO3. The summed E-state index contributed by atoms with van der Waals surface area (Å²) < 4.78 is 5.32. The number of methoxy groups -OCH3 is 1. The lowest BCUT2D eigenvalue weighted by atomic mass is 10.1. The van der Waals surface area contributed by atoms with Crippen molar-refractivity contribution in [2.75, 3.05) is 12.4 Å². The third-order valence-electron chi connectivity index (χ3n) is 3.48. The second kappa shape index (κ2) is 5.40. The fraction of sp³-hybridized carbons (Fsp3) is 0.500. The van der Waals surface area contributed by atoms with Crippen molar-refractivity contribution in [1.82, 2.24) is 0 Å². The zero-order chi connectivity index (χ0) is 13.1. The number of anilines is 1. The molecule has 1 saturated carbocycles. The van der Waals surface area contributed by atoms with Crippen LogP contribution < -0.4 is 5.32 Å². The number of carboxylic acid groups (broad SMARTS) is 1. The van der Waals surface area contributed by atoms with Crippen LogP contribution in [0, 0.1) is 6.92 Å². The first kappa shape index (κ1) is 12.9. The van der Waals surface area contributed by atoms with Crippen LogP contribution in [0.4, 0.5) is 5.69 Å². The summed E-state index contributed by atoms with van der Waals surface area (Å²) in [6.07, 6.45) is 3.28. The molecule has 2 N–H and O–H groups in total. The van der Waals surface area contributed by atoms with Crippen molar-refractivity contribution in [3.05, 3.63) is 29.3 Å². The van der Waals surface area contributed by atoms with Gasteiger partial charge < -0.3 is 15.2 Å². The van der Waals surface area contributed by atoms with E-state index in [9.17, 15) is 4.79 Å². The highest BCUT2D eigenvalue weighted by Gasteiger charge is 2.25. The molecule has 2 rings (SSSR count). The molecular weight excluding hydrogens is 230 g/mol. The van der Waals surface area contributed by atoms with Crippen molar-refractivity contribution in [3.8, 4) is 0 Å². The Balaban J connectivity index is 2.13. The number of ether oxygens (including phenoxy) is 1. The Hall–Kier alpha value is -1.55. The third kappa shape index (κ3) is 2.82. The summed E-state index contributed by atoms with van der Waals surface area (Å²) in [5.74, 6) is -0.890. The molecule has 0 bridgehead atoms. The van der Waals surface area contributed by atoms with Gasteiger partial charge in [-0.3, -0.25) is 0 Å². The average molecular weight is 249 g/mol. The van der Waals surface area contributed by atoms with Gasteiger partial charge in [-0.15, -0.1) is 0 Å². The molecule has 0 saturated heterocycles. The second-order valence-corrected chi connectivity index (χ2v) is 4.87. The molecule has 98 valence electrons. The highest BCUT2D eigenvalue weighted by molar-refractivity contribution is 5.94. The maximum Gasteiger partial charge on any atom is 0.337 e. The molecule has 2 atom stereocenters. The van der Waals surface area contributed by atoms with Crippen LogP contribution in [0.3, 0.4) is 0 Å². The number of aryl methyl sites for hydroxylation is 1. The van der Waals surface area contributed by atoms with Crippen LogP contribution in [0.15, 0.2) is 18.2 Å². The molecule has 0 aliphatic heterocycles. The third-order valence-corrected chi connectivity index (χ3v) is 3.48. The van der Waals surface area contributed by atoms with Crippen molar-refractivity contribution < 1.29 is 14.6 Å². The smallest absolute Gasteiger partial charge is 0.337 e. The van der Waals surface area contributed by atoms with Gasteiger partial charge in [-0.1, -0.05) is 6.07 Å². The fourth-order valence-electron chi connectivity index (χ4n) is 2.47. The largest absolute Gasteiger partial charge is 0.478 e. The van der Waals surface area contributed by atoms with Gasteiger partial charge in [0, 0.05) is 18.8 Å². The van der Waals surface area contributed by atoms with Gasteiger partial charge in [-0.05, 0) is 43.9 Å². The Morgan fingerprint density at radius 3 is 2.83 bits per heavy atom. The molecule has 4 nitrogen and oxygen atoms in total. The van der Waals surface area contributed by atoms with Gasteiger partial charge in [0.15, 0.2) is 0 Å². The zero-order valence-electron chi connectivity index (χ0n) is 10.8. The molecule has 2 unspecified atom stereocenters. The van der Waals surface area contributed by atoms with E-state index in [0.29, 0.717) is 23.4 Å². The monoisotopic (exact) mass is 249 g/mol. The predicted molar refractivity (Wildman–Crippen MR) is 70.2 cm³/mol. The molecule has 1 aliphatic rings. The highest BCUT2D eigenvalue weighted by atomic mass is 16.5. The summed E-state index contributed by atoms with van der Waals surface area (Å²) in [5, 5.41) is 12.5. The van der Waals surface area contributed by atoms with Gasteiger partial charge in [0.2, 0.25) is 0 Å². The van der Waals surface area contributed by atoms with E-state index in [1.807, 2.05) is 19.1 Å². The van der Waals surface area contributed by atoms with E-state index in [1.165, 1.54) is 0 Å². The van der Waals surface area contributed by atoms with Gasteiger partial charge in [0.1, 0.15) is 0 Å². The minimum atomic E-state index is -0.890. The molecule has 4 heteroatoms. The zero-order valence-corrected chi connectivity index (χ0v) is 10.8. The number of carbonyl (C=O) groups is 1. The Labute approximate surface area is 107 Å². The summed E-state index contributed by atoms with van der Waals surface area (Å²) in [6, 6.07) is 5.67. The maximum atomic E-state index is 11.2. The van der Waals surface area contributed by atoms with Gasteiger partial charge in [0.05, 0.1) is 11.7 Å². The van der Waals surface area contributed by atoms with Crippen molar-refractivity contribution in [3.63, 3.8) is 0 Å². The lowest BCUT2D eigenvalue weighted by Gasteiger charge is -2.16.